The van der Waals surface area contributed by atoms with E-state index in [9.17, 15) is 4.79 Å². The number of fused-ring (bicyclic) bond motifs is 1. The molecule has 1 aromatic heterocycles. The van der Waals surface area contributed by atoms with Crippen LogP contribution < -0.4 is 14.8 Å². The van der Waals surface area contributed by atoms with Gasteiger partial charge in [0, 0.05) is 25.0 Å². The molecule has 0 spiro atoms. The number of ether oxygens (including phenoxy) is 2. The fraction of sp³-hybridized carbons (Fsp3) is 0.273. The number of benzene rings is 2. The van der Waals surface area contributed by atoms with Gasteiger partial charge in [0.2, 0.25) is 0 Å². The molecule has 1 aliphatic rings. The van der Waals surface area contributed by atoms with E-state index in [0.29, 0.717) is 22.2 Å². The summed E-state index contributed by atoms with van der Waals surface area (Å²) in [5, 5.41) is 5.45. The number of rotatable bonds is 6. The lowest BCUT2D eigenvalue weighted by Gasteiger charge is -2.27. The number of nitrogens with zero attached hydrogens (tertiary/aromatic N) is 2. The molecule has 0 unspecified atom stereocenters. The van der Waals surface area contributed by atoms with Crippen molar-refractivity contribution in [1.29, 1.82) is 0 Å². The Morgan fingerprint density at radius 2 is 1.93 bits per heavy atom. The van der Waals surface area contributed by atoms with Crippen molar-refractivity contribution in [3.05, 3.63) is 70.2 Å². The third-order valence-corrected chi connectivity index (χ3v) is 5.82. The minimum absolute atomic E-state index is 0. The lowest BCUT2D eigenvalue weighted by atomic mass is 10.00. The Morgan fingerprint density at radius 3 is 2.70 bits per heavy atom. The molecule has 1 amide bonds. The van der Waals surface area contributed by atoms with Crippen molar-refractivity contribution < 1.29 is 14.3 Å². The molecule has 30 heavy (non-hydrogen) atoms. The zero-order chi connectivity index (χ0) is 20.2. The van der Waals surface area contributed by atoms with Gasteiger partial charge in [0.15, 0.2) is 16.6 Å². The Kier molecular flexibility index (Phi) is 7.31. The van der Waals surface area contributed by atoms with Gasteiger partial charge in [0.25, 0.3) is 5.91 Å². The Morgan fingerprint density at radius 1 is 1.13 bits per heavy atom. The van der Waals surface area contributed by atoms with Gasteiger partial charge in [-0.1, -0.05) is 30.3 Å². The van der Waals surface area contributed by atoms with Crippen molar-refractivity contribution in [2.24, 2.45) is 0 Å². The average Bonchev–Trinajstić information content (AvgIpc) is 3.19. The van der Waals surface area contributed by atoms with Crippen molar-refractivity contribution in [3.63, 3.8) is 0 Å². The van der Waals surface area contributed by atoms with Crippen LogP contribution in [0.4, 0.5) is 5.13 Å². The van der Waals surface area contributed by atoms with E-state index in [-0.39, 0.29) is 18.3 Å². The number of amides is 1. The topological polar surface area (TPSA) is 63.7 Å². The monoisotopic (exact) mass is 445 g/mol. The van der Waals surface area contributed by atoms with E-state index in [1.807, 2.05) is 5.38 Å². The number of aromatic nitrogens is 1. The molecule has 4 rings (SSSR count). The van der Waals surface area contributed by atoms with Gasteiger partial charge in [-0.05, 0) is 29.7 Å². The van der Waals surface area contributed by atoms with E-state index < -0.39 is 0 Å². The van der Waals surface area contributed by atoms with Crippen LogP contribution in [0.5, 0.6) is 11.5 Å². The Labute approximate surface area is 186 Å². The molecular weight excluding hydrogens is 422 g/mol. The predicted octanol–water partition coefficient (Wildman–Crippen LogP) is 4.39. The van der Waals surface area contributed by atoms with Crippen LogP contribution in [0.2, 0.25) is 0 Å². The average molecular weight is 446 g/mol. The summed E-state index contributed by atoms with van der Waals surface area (Å²) < 4.78 is 10.6. The summed E-state index contributed by atoms with van der Waals surface area (Å²) in [6.45, 7) is 2.71. The third kappa shape index (κ3) is 4.75. The van der Waals surface area contributed by atoms with Gasteiger partial charge in [-0.15, -0.1) is 23.7 Å². The second kappa shape index (κ2) is 9.93. The second-order valence-corrected chi connectivity index (χ2v) is 7.73. The molecule has 0 atom stereocenters. The molecule has 0 radical (unpaired) electrons. The summed E-state index contributed by atoms with van der Waals surface area (Å²) >= 11 is 1.43. The third-order valence-electron chi connectivity index (χ3n) is 5.02. The highest BCUT2D eigenvalue weighted by atomic mass is 35.5. The van der Waals surface area contributed by atoms with E-state index in [1.54, 1.807) is 25.3 Å². The van der Waals surface area contributed by atoms with Crippen LogP contribution in [0, 0.1) is 0 Å². The quantitative estimate of drug-likeness (QED) is 0.609. The maximum atomic E-state index is 12.7. The number of anilines is 1. The van der Waals surface area contributed by atoms with Gasteiger partial charge in [-0.3, -0.25) is 15.0 Å². The fourth-order valence-electron chi connectivity index (χ4n) is 3.59. The van der Waals surface area contributed by atoms with Gasteiger partial charge in [-0.2, -0.15) is 0 Å². The summed E-state index contributed by atoms with van der Waals surface area (Å²) in [6.07, 6.45) is 1.06. The minimum atomic E-state index is -0.270. The molecule has 0 saturated carbocycles. The molecule has 0 fully saturated rings. The molecular formula is C22H24ClN3O3S. The zero-order valence-corrected chi connectivity index (χ0v) is 18.5. The number of carbonyl (C=O) groups is 1. The van der Waals surface area contributed by atoms with Crippen LogP contribution in [0.1, 0.15) is 27.2 Å². The molecule has 1 aliphatic heterocycles. The number of nitrogens with one attached hydrogen (secondary N) is 1. The highest BCUT2D eigenvalue weighted by Gasteiger charge is 2.19. The molecule has 0 saturated heterocycles. The SMILES string of the molecule is COc1cccc(C(=O)Nc2nc(CN3CCc4ccccc4C3)cs2)c1OC.Cl. The maximum absolute atomic E-state index is 12.7. The molecule has 3 aromatic rings. The standard InChI is InChI=1S/C22H23N3O3S.ClH/c1-27-19-9-5-8-18(20(19)28-2)21(26)24-22-23-17(14-29-22)13-25-11-10-15-6-3-4-7-16(15)12-25;/h3-9,14H,10-13H2,1-2H3,(H,23,24,26);1H. The zero-order valence-electron chi connectivity index (χ0n) is 16.9. The molecule has 2 aromatic carbocycles. The Balaban J connectivity index is 0.00000256. The highest BCUT2D eigenvalue weighted by Crippen LogP contribution is 2.31. The number of hydrogen-bond acceptors (Lipinski definition) is 6. The van der Waals surface area contributed by atoms with E-state index in [2.05, 4.69) is 39.5 Å². The number of hydrogen-bond donors (Lipinski definition) is 1. The van der Waals surface area contributed by atoms with Crippen LogP contribution >= 0.6 is 23.7 Å². The number of thiazole rings is 1. The lowest BCUT2D eigenvalue weighted by molar-refractivity contribution is 0.102. The largest absolute Gasteiger partial charge is 0.493 e. The number of carbonyl (C=O) groups excluding carboxylic acids is 1. The van der Waals surface area contributed by atoms with Crippen molar-refractivity contribution in [3.8, 4) is 11.5 Å². The van der Waals surface area contributed by atoms with E-state index in [1.165, 1.54) is 29.6 Å². The van der Waals surface area contributed by atoms with Crippen LogP contribution in [-0.4, -0.2) is 36.6 Å². The first-order valence-corrected chi connectivity index (χ1v) is 10.3. The van der Waals surface area contributed by atoms with Crippen LogP contribution in [0.25, 0.3) is 0 Å². The molecule has 158 valence electrons. The van der Waals surface area contributed by atoms with E-state index in [0.717, 1.165) is 31.7 Å². The summed E-state index contributed by atoms with van der Waals surface area (Å²) in [7, 11) is 3.07. The smallest absolute Gasteiger partial charge is 0.261 e. The Bertz CT molecular complexity index is 1020. The Hall–Kier alpha value is -2.61. The lowest BCUT2D eigenvalue weighted by Crippen LogP contribution is -2.30. The van der Waals surface area contributed by atoms with Gasteiger partial charge in [-0.25, -0.2) is 4.98 Å². The van der Waals surface area contributed by atoms with E-state index >= 15 is 0 Å². The van der Waals surface area contributed by atoms with E-state index in [4.69, 9.17) is 9.47 Å². The molecule has 0 aliphatic carbocycles. The highest BCUT2D eigenvalue weighted by molar-refractivity contribution is 7.14. The summed E-state index contributed by atoms with van der Waals surface area (Å²) in [5.74, 6) is 0.662. The van der Waals surface area contributed by atoms with Crippen molar-refractivity contribution in [2.45, 2.75) is 19.5 Å². The second-order valence-electron chi connectivity index (χ2n) is 6.87. The van der Waals surface area contributed by atoms with Crippen molar-refractivity contribution in [2.75, 3.05) is 26.1 Å². The molecule has 1 N–H and O–H groups in total. The number of methoxy groups -OCH3 is 2. The first-order chi connectivity index (χ1) is 14.2. The first kappa shape index (κ1) is 22.1. The van der Waals surface area contributed by atoms with Gasteiger partial charge >= 0.3 is 0 Å². The molecule has 2 heterocycles. The van der Waals surface area contributed by atoms with Crippen LogP contribution in [0.3, 0.4) is 0 Å². The van der Waals surface area contributed by atoms with Crippen molar-refractivity contribution >= 4 is 34.8 Å². The number of para-hydroxylation sites is 1. The maximum Gasteiger partial charge on any atom is 0.261 e. The number of halogens is 1. The predicted molar refractivity (Wildman–Crippen MR) is 121 cm³/mol. The first-order valence-electron chi connectivity index (χ1n) is 9.44. The van der Waals surface area contributed by atoms with Crippen LogP contribution in [0.15, 0.2) is 47.8 Å². The van der Waals surface area contributed by atoms with Crippen LogP contribution in [-0.2, 0) is 19.5 Å². The molecule has 8 heteroatoms. The normalized spacial score (nSPS) is 13.1. The van der Waals surface area contributed by atoms with Gasteiger partial charge in [0.1, 0.15) is 0 Å². The summed E-state index contributed by atoms with van der Waals surface area (Å²) in [5.41, 5.74) is 4.19. The van der Waals surface area contributed by atoms with Gasteiger partial charge in [0.05, 0.1) is 25.5 Å². The van der Waals surface area contributed by atoms with Gasteiger partial charge < -0.3 is 9.47 Å². The minimum Gasteiger partial charge on any atom is -0.493 e. The van der Waals surface area contributed by atoms with Crippen molar-refractivity contribution in [1.82, 2.24) is 9.88 Å². The summed E-state index contributed by atoms with van der Waals surface area (Å²) in [6, 6.07) is 13.8. The molecule has 6 nitrogen and oxygen atoms in total. The summed E-state index contributed by atoms with van der Waals surface area (Å²) in [4.78, 5) is 19.7. The fourth-order valence-corrected chi connectivity index (χ4v) is 4.28. The molecule has 0 bridgehead atoms.